The zero-order valence-electron chi connectivity index (χ0n) is 11.9. The van der Waals surface area contributed by atoms with Gasteiger partial charge in [0.05, 0.1) is 11.3 Å². The fourth-order valence-corrected chi connectivity index (χ4v) is 2.19. The number of benzene rings is 1. The van der Waals surface area contributed by atoms with Gasteiger partial charge in [0.1, 0.15) is 12.6 Å². The second kappa shape index (κ2) is 6.35. The van der Waals surface area contributed by atoms with Crippen molar-refractivity contribution in [2.45, 2.75) is 38.5 Å². The van der Waals surface area contributed by atoms with Crippen LogP contribution in [0.5, 0.6) is 0 Å². The predicted molar refractivity (Wildman–Crippen MR) is 75.0 cm³/mol. The number of hydrogen-bond acceptors (Lipinski definition) is 3. The van der Waals surface area contributed by atoms with Crippen LogP contribution in [0.1, 0.15) is 30.9 Å². The number of anilines is 1. The SMILES string of the molecule is CCN(CC(F)(F)F)c1ccc(CNC2CC2)cc1C#N. The van der Waals surface area contributed by atoms with E-state index >= 15 is 0 Å². The predicted octanol–water partition coefficient (Wildman–Crippen LogP) is 3.20. The maximum atomic E-state index is 12.6. The Morgan fingerprint density at radius 1 is 1.38 bits per heavy atom. The normalized spacial score (nSPS) is 14.8. The summed E-state index contributed by atoms with van der Waals surface area (Å²) in [5.41, 5.74) is 1.55. The van der Waals surface area contributed by atoms with Gasteiger partial charge in [-0.2, -0.15) is 18.4 Å². The van der Waals surface area contributed by atoms with Crippen LogP contribution in [-0.4, -0.2) is 25.3 Å². The molecule has 1 N–H and O–H groups in total. The van der Waals surface area contributed by atoms with Crippen LogP contribution in [0.3, 0.4) is 0 Å². The first kappa shape index (κ1) is 15.6. The number of halogens is 3. The van der Waals surface area contributed by atoms with Gasteiger partial charge in [-0.3, -0.25) is 0 Å². The van der Waals surface area contributed by atoms with Crippen LogP contribution in [-0.2, 0) is 6.54 Å². The number of alkyl halides is 3. The molecule has 1 saturated carbocycles. The number of nitrogens with one attached hydrogen (secondary N) is 1. The summed E-state index contributed by atoms with van der Waals surface area (Å²) in [6, 6.07) is 7.61. The lowest BCUT2D eigenvalue weighted by atomic mass is 10.1. The molecule has 0 aliphatic heterocycles. The Morgan fingerprint density at radius 2 is 2.10 bits per heavy atom. The second-order valence-corrected chi connectivity index (χ2v) is 5.25. The molecule has 0 amide bonds. The number of nitrogens with zero attached hydrogens (tertiary/aromatic N) is 2. The lowest BCUT2D eigenvalue weighted by Gasteiger charge is -2.25. The lowest BCUT2D eigenvalue weighted by molar-refractivity contribution is -0.119. The van der Waals surface area contributed by atoms with Gasteiger partial charge in [-0.1, -0.05) is 6.07 Å². The summed E-state index contributed by atoms with van der Waals surface area (Å²) in [4.78, 5) is 1.18. The van der Waals surface area contributed by atoms with E-state index in [0.717, 1.165) is 5.56 Å². The van der Waals surface area contributed by atoms with Gasteiger partial charge in [-0.05, 0) is 37.5 Å². The van der Waals surface area contributed by atoms with Gasteiger partial charge in [0.15, 0.2) is 0 Å². The maximum Gasteiger partial charge on any atom is 0.405 e. The maximum absolute atomic E-state index is 12.6. The second-order valence-electron chi connectivity index (χ2n) is 5.25. The lowest BCUT2D eigenvalue weighted by Crippen LogP contribution is -2.34. The third-order valence-corrected chi connectivity index (χ3v) is 3.45. The Kier molecular flexibility index (Phi) is 4.73. The third-order valence-electron chi connectivity index (χ3n) is 3.45. The molecule has 0 atom stereocenters. The molecule has 1 aliphatic rings. The van der Waals surface area contributed by atoms with Crippen LogP contribution >= 0.6 is 0 Å². The molecule has 2 rings (SSSR count). The zero-order valence-corrected chi connectivity index (χ0v) is 11.9. The summed E-state index contributed by atoms with van der Waals surface area (Å²) in [7, 11) is 0. The van der Waals surface area contributed by atoms with Crippen LogP contribution in [0.2, 0.25) is 0 Å². The van der Waals surface area contributed by atoms with Gasteiger partial charge < -0.3 is 10.2 Å². The fraction of sp³-hybridized carbons (Fsp3) is 0.533. The van der Waals surface area contributed by atoms with E-state index in [4.69, 9.17) is 0 Å². The molecule has 1 fully saturated rings. The molecule has 1 aliphatic carbocycles. The van der Waals surface area contributed by atoms with Crippen molar-refractivity contribution < 1.29 is 13.2 Å². The molecule has 0 unspecified atom stereocenters. The van der Waals surface area contributed by atoms with Crippen molar-refractivity contribution in [1.82, 2.24) is 5.32 Å². The zero-order chi connectivity index (χ0) is 15.5. The molecule has 6 heteroatoms. The summed E-state index contributed by atoms with van der Waals surface area (Å²) in [5.74, 6) is 0. The van der Waals surface area contributed by atoms with Gasteiger partial charge in [0, 0.05) is 19.1 Å². The molecule has 0 heterocycles. The fourth-order valence-electron chi connectivity index (χ4n) is 2.19. The number of rotatable bonds is 6. The van der Waals surface area contributed by atoms with Gasteiger partial charge >= 0.3 is 6.18 Å². The first-order valence-electron chi connectivity index (χ1n) is 7.01. The van der Waals surface area contributed by atoms with E-state index < -0.39 is 12.7 Å². The third kappa shape index (κ3) is 4.64. The Labute approximate surface area is 122 Å². The van der Waals surface area contributed by atoms with Crippen molar-refractivity contribution >= 4 is 5.69 Å². The van der Waals surface area contributed by atoms with Crippen LogP contribution in [0.4, 0.5) is 18.9 Å². The van der Waals surface area contributed by atoms with E-state index in [-0.39, 0.29) is 12.1 Å². The largest absolute Gasteiger partial charge is 0.405 e. The Hall–Kier alpha value is -1.74. The van der Waals surface area contributed by atoms with Crippen LogP contribution in [0, 0.1) is 11.3 Å². The molecule has 3 nitrogen and oxygen atoms in total. The van der Waals surface area contributed by atoms with Gasteiger partial charge in [-0.25, -0.2) is 0 Å². The van der Waals surface area contributed by atoms with E-state index in [1.54, 1.807) is 25.1 Å². The highest BCUT2D eigenvalue weighted by Crippen LogP contribution is 2.26. The molecule has 0 spiro atoms. The first-order valence-corrected chi connectivity index (χ1v) is 7.01. The molecule has 0 saturated heterocycles. The molecule has 114 valence electrons. The molecular weight excluding hydrogens is 279 g/mol. The molecule has 21 heavy (non-hydrogen) atoms. The van der Waals surface area contributed by atoms with Crippen LogP contribution < -0.4 is 10.2 Å². The summed E-state index contributed by atoms with van der Waals surface area (Å²) < 4.78 is 37.7. The minimum absolute atomic E-state index is 0.202. The minimum Gasteiger partial charge on any atom is -0.362 e. The number of nitriles is 1. The van der Waals surface area contributed by atoms with Crippen LogP contribution in [0.25, 0.3) is 0 Å². The first-order chi connectivity index (χ1) is 9.93. The Bertz CT molecular complexity index is 530. The molecular formula is C15H18F3N3. The van der Waals surface area contributed by atoms with E-state index in [9.17, 15) is 18.4 Å². The molecule has 0 bridgehead atoms. The van der Waals surface area contributed by atoms with E-state index in [2.05, 4.69) is 5.32 Å². The summed E-state index contributed by atoms with van der Waals surface area (Å²) in [6.07, 6.45) is -1.95. The van der Waals surface area contributed by atoms with Crippen molar-refractivity contribution in [2.75, 3.05) is 18.0 Å². The van der Waals surface area contributed by atoms with E-state index in [1.807, 2.05) is 6.07 Å². The van der Waals surface area contributed by atoms with E-state index in [0.29, 0.717) is 18.3 Å². The average Bonchev–Trinajstić information content (AvgIpc) is 3.25. The Balaban J connectivity index is 2.15. The highest BCUT2D eigenvalue weighted by Gasteiger charge is 2.31. The van der Waals surface area contributed by atoms with E-state index in [1.165, 1.54) is 17.7 Å². The number of hydrogen-bond donors (Lipinski definition) is 1. The summed E-state index contributed by atoms with van der Waals surface area (Å²) >= 11 is 0. The summed E-state index contributed by atoms with van der Waals surface area (Å²) in [6.45, 7) is 1.45. The monoisotopic (exact) mass is 297 g/mol. The highest BCUT2D eigenvalue weighted by molar-refractivity contribution is 5.60. The van der Waals surface area contributed by atoms with Crippen molar-refractivity contribution in [3.8, 4) is 6.07 Å². The average molecular weight is 297 g/mol. The van der Waals surface area contributed by atoms with Crippen molar-refractivity contribution in [2.24, 2.45) is 0 Å². The summed E-state index contributed by atoms with van der Waals surface area (Å²) in [5, 5.41) is 12.5. The molecule has 0 aromatic heterocycles. The van der Waals surface area contributed by atoms with Crippen LogP contribution in [0.15, 0.2) is 18.2 Å². The molecule has 0 radical (unpaired) electrons. The van der Waals surface area contributed by atoms with Crippen molar-refractivity contribution in [1.29, 1.82) is 5.26 Å². The van der Waals surface area contributed by atoms with Gasteiger partial charge in [-0.15, -0.1) is 0 Å². The molecule has 1 aromatic rings. The van der Waals surface area contributed by atoms with Crippen molar-refractivity contribution in [3.63, 3.8) is 0 Å². The van der Waals surface area contributed by atoms with Gasteiger partial charge in [0.2, 0.25) is 0 Å². The topological polar surface area (TPSA) is 39.1 Å². The quantitative estimate of drug-likeness (QED) is 0.876. The smallest absolute Gasteiger partial charge is 0.362 e. The van der Waals surface area contributed by atoms with Gasteiger partial charge in [0.25, 0.3) is 0 Å². The highest BCUT2D eigenvalue weighted by atomic mass is 19.4. The minimum atomic E-state index is -4.28. The molecule has 1 aromatic carbocycles. The Morgan fingerprint density at radius 3 is 2.62 bits per heavy atom. The standard InChI is InChI=1S/C15H18F3N3/c1-2-21(10-15(16,17)18)14-6-3-11(7-12(14)8-19)9-20-13-4-5-13/h3,6-7,13,20H,2,4-5,9-10H2,1H3. The van der Waals surface area contributed by atoms with Crippen molar-refractivity contribution in [3.05, 3.63) is 29.3 Å².